The van der Waals surface area contributed by atoms with Gasteiger partial charge in [0.05, 0.1) is 12.0 Å². The van der Waals surface area contributed by atoms with E-state index in [0.29, 0.717) is 12.4 Å². The third-order valence-electron chi connectivity index (χ3n) is 4.96. The summed E-state index contributed by atoms with van der Waals surface area (Å²) in [4.78, 5) is 1.06. The monoisotopic (exact) mass is 471 g/mol. The van der Waals surface area contributed by atoms with Crippen LogP contribution < -0.4 is 4.74 Å². The van der Waals surface area contributed by atoms with E-state index in [1.807, 2.05) is 69.3 Å². The molecule has 0 radical (unpaired) electrons. The molecule has 0 spiro atoms. The zero-order valence-corrected chi connectivity index (χ0v) is 20.4. The van der Waals surface area contributed by atoms with Gasteiger partial charge in [-0.25, -0.2) is 8.42 Å². The van der Waals surface area contributed by atoms with Crippen LogP contribution in [0.4, 0.5) is 0 Å². The molecular formula is C25H29NO4S2. The van der Waals surface area contributed by atoms with Crippen molar-refractivity contribution >= 4 is 21.1 Å². The Hall–Kier alpha value is -2.32. The van der Waals surface area contributed by atoms with Gasteiger partial charge >= 0.3 is 0 Å². The van der Waals surface area contributed by atoms with Gasteiger partial charge in [-0.05, 0) is 73.8 Å². The summed E-state index contributed by atoms with van der Waals surface area (Å²) in [5.74, 6) is 1.18. The number of rotatable bonds is 10. The Morgan fingerprint density at radius 1 is 0.875 bits per heavy atom. The molecule has 0 saturated heterocycles. The molecule has 1 unspecified atom stereocenters. The number of nitrogens with zero attached hydrogens (tertiary/aromatic N) is 1. The number of hydrogen-bond acceptors (Lipinski definition) is 4. The molecule has 3 rings (SSSR count). The Morgan fingerprint density at radius 2 is 1.44 bits per heavy atom. The first-order valence-electron chi connectivity index (χ1n) is 10.4. The maximum Gasteiger partial charge on any atom is 0.143 e. The first-order valence-corrected chi connectivity index (χ1v) is 13.2. The van der Waals surface area contributed by atoms with Crippen molar-refractivity contribution in [3.63, 3.8) is 0 Å². The van der Waals surface area contributed by atoms with E-state index in [2.05, 4.69) is 4.13 Å². The lowest BCUT2D eigenvalue weighted by atomic mass is 10.1. The third-order valence-corrected chi connectivity index (χ3v) is 8.77. The van der Waals surface area contributed by atoms with Crippen molar-refractivity contribution in [3.05, 3.63) is 93.6 Å². The molecule has 0 aliphatic rings. The molecule has 7 heteroatoms. The van der Waals surface area contributed by atoms with Crippen LogP contribution in [0.1, 0.15) is 29.7 Å². The lowest BCUT2D eigenvalue weighted by molar-refractivity contribution is 0.0794. The summed E-state index contributed by atoms with van der Waals surface area (Å²) in [6.45, 7) is 6.36. The van der Waals surface area contributed by atoms with Crippen LogP contribution in [0.15, 0.2) is 82.6 Å². The predicted octanol–water partition coefficient (Wildman–Crippen LogP) is 5.74. The molecule has 0 bridgehead atoms. The van der Waals surface area contributed by atoms with Crippen molar-refractivity contribution in [3.8, 4) is 5.75 Å². The summed E-state index contributed by atoms with van der Waals surface area (Å²) in [6, 6.07) is 22.3. The summed E-state index contributed by atoms with van der Waals surface area (Å²) >= 11 is -0.930. The lowest BCUT2D eigenvalue weighted by Crippen LogP contribution is -2.20. The number of benzene rings is 3. The minimum atomic E-state index is -3.83. The molecule has 32 heavy (non-hydrogen) atoms. The van der Waals surface area contributed by atoms with Gasteiger partial charge in [-0.2, -0.15) is 0 Å². The first kappa shape index (κ1) is 24.3. The molecule has 0 aliphatic heterocycles. The highest BCUT2D eigenvalue weighted by molar-refractivity contribution is 8.14. The highest BCUT2D eigenvalue weighted by Gasteiger charge is 2.26. The van der Waals surface area contributed by atoms with Crippen molar-refractivity contribution in [2.45, 2.75) is 36.7 Å². The van der Waals surface area contributed by atoms with E-state index in [4.69, 9.17) is 9.47 Å². The van der Waals surface area contributed by atoms with E-state index in [0.717, 1.165) is 27.3 Å². The van der Waals surface area contributed by atoms with Gasteiger partial charge in [0.1, 0.15) is 32.5 Å². The molecule has 0 N–H and O–H groups in total. The number of ether oxygens (including phenoxy) is 2. The smallest absolute Gasteiger partial charge is 0.143 e. The molecule has 0 amide bonds. The zero-order chi connectivity index (χ0) is 23.1. The second kappa shape index (κ2) is 11.0. The van der Waals surface area contributed by atoms with Gasteiger partial charge in [-0.1, -0.05) is 47.5 Å². The second-order valence-corrected chi connectivity index (χ2v) is 11.0. The highest BCUT2D eigenvalue weighted by Crippen LogP contribution is 2.33. The Labute approximate surface area is 194 Å². The van der Waals surface area contributed by atoms with Crippen molar-refractivity contribution in [2.75, 3.05) is 19.5 Å². The van der Waals surface area contributed by atoms with Crippen LogP contribution in [0.5, 0.6) is 5.75 Å². The van der Waals surface area contributed by atoms with Crippen molar-refractivity contribution < 1.29 is 17.9 Å². The summed E-state index contributed by atoms with van der Waals surface area (Å²) in [5.41, 5.74) is 3.06. The van der Waals surface area contributed by atoms with E-state index in [1.165, 1.54) is 0 Å². The van der Waals surface area contributed by atoms with Gasteiger partial charge in [0.15, 0.2) is 0 Å². The molecule has 2 atom stereocenters. The van der Waals surface area contributed by atoms with Crippen LogP contribution in [0.2, 0.25) is 0 Å². The van der Waals surface area contributed by atoms with Crippen LogP contribution in [0, 0.1) is 13.8 Å². The maximum absolute atomic E-state index is 13.1. The topological polar surface area (TPSA) is 66.7 Å². The quantitative estimate of drug-likeness (QED) is 0.353. The van der Waals surface area contributed by atoms with Gasteiger partial charge < -0.3 is 13.6 Å². The SMILES string of the molecule is CCO[C@H](C[S+]([N-]S(=O)(=O)c1ccc(C)cc1)c1ccc(C)cc1)c1ccc(OC)cc1. The van der Waals surface area contributed by atoms with Crippen LogP contribution >= 0.6 is 0 Å². The number of aryl methyl sites for hydroxylation is 2. The number of hydrogen-bond donors (Lipinski definition) is 0. The highest BCUT2D eigenvalue weighted by atomic mass is 32.3. The molecular weight excluding hydrogens is 442 g/mol. The van der Waals surface area contributed by atoms with Gasteiger partial charge in [0, 0.05) is 6.61 Å². The largest absolute Gasteiger partial charge is 0.497 e. The van der Waals surface area contributed by atoms with E-state index in [9.17, 15) is 8.42 Å². The summed E-state index contributed by atoms with van der Waals surface area (Å²) < 4.78 is 41.9. The van der Waals surface area contributed by atoms with Gasteiger partial charge in [-0.3, -0.25) is 0 Å². The fourth-order valence-corrected chi connectivity index (χ4v) is 6.72. The first-order chi connectivity index (χ1) is 15.3. The summed E-state index contributed by atoms with van der Waals surface area (Å²) in [5, 5.41) is 0. The normalized spacial score (nSPS) is 13.5. The Kier molecular flexibility index (Phi) is 8.37. The molecule has 3 aromatic rings. The molecule has 0 saturated carbocycles. The second-order valence-electron chi connectivity index (χ2n) is 7.42. The Bertz CT molecular complexity index is 1100. The van der Waals surface area contributed by atoms with E-state index in [1.54, 1.807) is 31.4 Å². The van der Waals surface area contributed by atoms with Crippen LogP contribution in [-0.4, -0.2) is 27.9 Å². The van der Waals surface area contributed by atoms with Gasteiger partial charge in [0.2, 0.25) is 0 Å². The third kappa shape index (κ3) is 6.36. The number of sulfonamides is 1. The minimum Gasteiger partial charge on any atom is -0.497 e. The fraction of sp³-hybridized carbons (Fsp3) is 0.280. The number of methoxy groups -OCH3 is 1. The zero-order valence-electron chi connectivity index (χ0n) is 18.8. The van der Waals surface area contributed by atoms with E-state index in [-0.39, 0.29) is 11.0 Å². The predicted molar refractivity (Wildman–Crippen MR) is 131 cm³/mol. The fourth-order valence-electron chi connectivity index (χ4n) is 3.14. The maximum atomic E-state index is 13.1. The molecule has 0 heterocycles. The molecule has 0 fully saturated rings. The Morgan fingerprint density at radius 3 is 1.97 bits per heavy atom. The van der Waals surface area contributed by atoms with Gasteiger partial charge in [-0.15, -0.1) is 0 Å². The van der Waals surface area contributed by atoms with Crippen molar-refractivity contribution in [2.24, 2.45) is 0 Å². The van der Waals surface area contributed by atoms with Crippen molar-refractivity contribution in [1.29, 1.82) is 0 Å². The average molecular weight is 472 g/mol. The molecule has 3 aromatic carbocycles. The molecule has 5 nitrogen and oxygen atoms in total. The van der Waals surface area contributed by atoms with Crippen LogP contribution in [-0.2, 0) is 25.8 Å². The minimum absolute atomic E-state index is 0.199. The van der Waals surface area contributed by atoms with Crippen LogP contribution in [0.3, 0.4) is 0 Å². The van der Waals surface area contributed by atoms with Crippen LogP contribution in [0.25, 0.3) is 4.13 Å². The lowest BCUT2D eigenvalue weighted by Gasteiger charge is -2.25. The summed E-state index contributed by atoms with van der Waals surface area (Å²) in [6.07, 6.45) is -0.299. The van der Waals surface area contributed by atoms with E-state index >= 15 is 0 Å². The summed E-state index contributed by atoms with van der Waals surface area (Å²) in [7, 11) is -2.20. The Balaban J connectivity index is 1.93. The van der Waals surface area contributed by atoms with Crippen molar-refractivity contribution in [1.82, 2.24) is 0 Å². The molecule has 0 aromatic heterocycles. The van der Waals surface area contributed by atoms with E-state index < -0.39 is 21.1 Å². The molecule has 0 aliphatic carbocycles. The van der Waals surface area contributed by atoms with Gasteiger partial charge in [0.25, 0.3) is 0 Å². The molecule has 170 valence electrons. The standard InChI is InChI=1S/C25H29NO4S2/c1-5-30-25(21-10-12-22(29-4)13-11-21)18-31(23-14-6-19(2)7-15-23)26-32(27,28)24-16-8-20(3)9-17-24/h6-17,25H,5,18H2,1-4H3/t25-,31?/m1/s1. The average Bonchev–Trinajstić information content (AvgIpc) is 2.79.